The van der Waals surface area contributed by atoms with Crippen molar-refractivity contribution in [3.63, 3.8) is 0 Å². The molecule has 0 atom stereocenters. The highest BCUT2D eigenvalue weighted by molar-refractivity contribution is 7.99. The number of aryl methyl sites for hydroxylation is 1. The zero-order valence-electron chi connectivity index (χ0n) is 16.7. The average molecular weight is 484 g/mol. The van der Waals surface area contributed by atoms with Crippen molar-refractivity contribution in [1.29, 1.82) is 0 Å². The molecule has 2 aromatic carbocycles. The summed E-state index contributed by atoms with van der Waals surface area (Å²) in [6.45, 7) is 0. The Labute approximate surface area is 187 Å². The van der Waals surface area contributed by atoms with Crippen LogP contribution in [0.15, 0.2) is 82.8 Å². The molecule has 0 bridgehead atoms. The minimum absolute atomic E-state index is 0.117. The lowest BCUT2D eigenvalue weighted by molar-refractivity contribution is -0.708. The van der Waals surface area contributed by atoms with Crippen molar-refractivity contribution in [2.75, 3.05) is 10.5 Å². The Balaban J connectivity index is 1.63. The van der Waals surface area contributed by atoms with E-state index in [9.17, 15) is 26.4 Å². The van der Waals surface area contributed by atoms with E-state index < -0.39 is 22.1 Å². The lowest BCUT2D eigenvalue weighted by atomic mass is 10.1. The van der Waals surface area contributed by atoms with Gasteiger partial charge in [0, 0.05) is 23.4 Å². The lowest BCUT2D eigenvalue weighted by Gasteiger charge is -2.11. The monoisotopic (exact) mass is 483 g/mol. The Morgan fingerprint density at radius 2 is 1.69 bits per heavy atom. The molecule has 0 saturated carbocycles. The normalized spacial score (nSPS) is 11.8. The van der Waals surface area contributed by atoms with Crippen LogP contribution in [0.3, 0.4) is 0 Å². The van der Waals surface area contributed by atoms with Gasteiger partial charge in [0.05, 0.1) is 10.6 Å². The number of rotatable bonds is 8. The third kappa shape index (κ3) is 6.47. The fourth-order valence-electron chi connectivity index (χ4n) is 2.64. The fraction of sp³-hybridized carbons (Fsp3) is 0.143. The maximum absolute atomic E-state index is 12.5. The minimum Gasteiger partial charge on any atom is -0.406 e. The van der Waals surface area contributed by atoms with Gasteiger partial charge in [-0.1, -0.05) is 0 Å². The summed E-state index contributed by atoms with van der Waals surface area (Å²) >= 11 is 1.39. The second-order valence-electron chi connectivity index (χ2n) is 6.56. The van der Waals surface area contributed by atoms with E-state index in [4.69, 9.17) is 0 Å². The first-order valence-corrected chi connectivity index (χ1v) is 11.6. The molecule has 32 heavy (non-hydrogen) atoms. The summed E-state index contributed by atoms with van der Waals surface area (Å²) in [5.74, 6) is -0.426. The Morgan fingerprint density at radius 1 is 1.03 bits per heavy atom. The minimum atomic E-state index is -4.87. The van der Waals surface area contributed by atoms with Crippen LogP contribution in [0.5, 0.6) is 5.75 Å². The number of benzene rings is 2. The Hall–Kier alpha value is -3.05. The molecular weight excluding hydrogens is 465 g/mol. The van der Waals surface area contributed by atoms with Crippen LogP contribution in [0.25, 0.3) is 0 Å². The van der Waals surface area contributed by atoms with E-state index in [1.807, 2.05) is 36.0 Å². The number of alkyl halides is 3. The van der Waals surface area contributed by atoms with Crippen LogP contribution in [0.4, 0.5) is 18.9 Å². The second kappa shape index (κ2) is 9.61. The summed E-state index contributed by atoms with van der Waals surface area (Å²) in [5.41, 5.74) is 0.631. The maximum atomic E-state index is 12.5. The number of ketones is 1. The fourth-order valence-corrected chi connectivity index (χ4v) is 4.58. The molecule has 11 heteroatoms. The highest BCUT2D eigenvalue weighted by Crippen LogP contribution is 2.25. The molecule has 0 aliphatic rings. The molecule has 6 nitrogen and oxygen atoms in total. The number of aromatic nitrogens is 1. The first kappa shape index (κ1) is 23.6. The van der Waals surface area contributed by atoms with Gasteiger partial charge in [-0.25, -0.2) is 8.42 Å². The number of hydrogen-bond donors (Lipinski definition) is 1. The van der Waals surface area contributed by atoms with Crippen LogP contribution < -0.4 is 14.0 Å². The predicted octanol–water partition coefficient (Wildman–Crippen LogP) is 4.19. The van der Waals surface area contributed by atoms with Gasteiger partial charge in [-0.05, 0) is 66.4 Å². The third-order valence-electron chi connectivity index (χ3n) is 4.19. The van der Waals surface area contributed by atoms with Crippen LogP contribution in [-0.2, 0) is 17.1 Å². The molecule has 168 valence electrons. The van der Waals surface area contributed by atoms with Gasteiger partial charge < -0.3 is 4.74 Å². The smallest absolute Gasteiger partial charge is 0.406 e. The van der Waals surface area contributed by atoms with Crippen molar-refractivity contribution in [2.24, 2.45) is 7.05 Å². The van der Waals surface area contributed by atoms with Gasteiger partial charge in [0.15, 0.2) is 12.0 Å². The van der Waals surface area contributed by atoms with E-state index >= 15 is 0 Å². The largest absolute Gasteiger partial charge is 0.573 e. The van der Waals surface area contributed by atoms with Gasteiger partial charge in [0.1, 0.15) is 12.8 Å². The molecule has 0 fully saturated rings. The van der Waals surface area contributed by atoms with Crippen LogP contribution in [0.1, 0.15) is 10.4 Å². The molecule has 0 amide bonds. The predicted molar refractivity (Wildman–Crippen MR) is 113 cm³/mol. The summed E-state index contributed by atoms with van der Waals surface area (Å²) in [5, 5.41) is 0.928. The maximum Gasteiger partial charge on any atom is 0.573 e. The van der Waals surface area contributed by atoms with Crippen LogP contribution in [0.2, 0.25) is 0 Å². The van der Waals surface area contributed by atoms with Crippen molar-refractivity contribution in [2.45, 2.75) is 16.3 Å². The van der Waals surface area contributed by atoms with Crippen LogP contribution in [0, 0.1) is 0 Å². The van der Waals surface area contributed by atoms with Crippen molar-refractivity contribution >= 4 is 33.3 Å². The molecule has 0 aliphatic heterocycles. The number of nitrogens with one attached hydrogen (secondary N) is 1. The molecule has 0 saturated heterocycles. The number of pyridine rings is 1. The number of Topliss-reactive ketones (excluding diaryl/α,β-unsaturated/α-hetero) is 1. The van der Waals surface area contributed by atoms with Gasteiger partial charge in [0.2, 0.25) is 5.03 Å². The number of anilines is 1. The standard InChI is InChI=1S/C21H17F3N2O4S2/c1-26-13-3-2-4-20(26)31-14-19(27)15-5-7-16(8-6-15)25-32(28,29)18-11-9-17(10-12-18)30-21(22,23)24/h2-13H,14H2,1H3/p+1. The average Bonchev–Trinajstić information content (AvgIpc) is 2.72. The number of sulfonamides is 1. The second-order valence-corrected chi connectivity index (χ2v) is 9.24. The molecule has 0 unspecified atom stereocenters. The van der Waals surface area contributed by atoms with Crippen molar-refractivity contribution in [1.82, 2.24) is 0 Å². The molecule has 3 rings (SSSR count). The van der Waals surface area contributed by atoms with Gasteiger partial charge in [0.25, 0.3) is 10.0 Å². The van der Waals surface area contributed by atoms with E-state index in [1.165, 1.54) is 36.0 Å². The number of thioether (sulfide) groups is 1. The Bertz CT molecular complexity index is 1200. The van der Waals surface area contributed by atoms with E-state index in [1.54, 1.807) is 0 Å². The summed E-state index contributed by atoms with van der Waals surface area (Å²) < 4.78 is 69.6. The summed E-state index contributed by atoms with van der Waals surface area (Å²) in [6.07, 6.45) is -2.99. The molecular formula is C21H18F3N2O4S2+. The number of halogens is 3. The van der Waals surface area contributed by atoms with E-state index in [0.717, 1.165) is 29.3 Å². The van der Waals surface area contributed by atoms with E-state index in [0.29, 0.717) is 5.56 Å². The SMILES string of the molecule is C[n+]1ccccc1SCC(=O)c1ccc(NS(=O)(=O)c2ccc(OC(F)(F)F)cc2)cc1. The van der Waals surface area contributed by atoms with Gasteiger partial charge in [-0.15, -0.1) is 13.2 Å². The third-order valence-corrected chi connectivity index (χ3v) is 6.71. The number of nitrogens with zero attached hydrogens (tertiary/aromatic N) is 1. The Morgan fingerprint density at radius 3 is 2.28 bits per heavy atom. The molecule has 0 spiro atoms. The van der Waals surface area contributed by atoms with Gasteiger partial charge in [-0.3, -0.25) is 9.52 Å². The van der Waals surface area contributed by atoms with Crippen molar-refractivity contribution in [3.8, 4) is 5.75 Å². The number of hydrogen-bond acceptors (Lipinski definition) is 5. The van der Waals surface area contributed by atoms with Gasteiger partial charge in [-0.2, -0.15) is 4.57 Å². The van der Waals surface area contributed by atoms with E-state index in [2.05, 4.69) is 9.46 Å². The van der Waals surface area contributed by atoms with Crippen LogP contribution >= 0.6 is 11.8 Å². The zero-order chi connectivity index (χ0) is 23.4. The zero-order valence-corrected chi connectivity index (χ0v) is 18.3. The molecule has 0 aliphatic carbocycles. The Kier molecular flexibility index (Phi) is 7.09. The molecule has 0 radical (unpaired) electrons. The topological polar surface area (TPSA) is 76.4 Å². The molecule has 1 aromatic heterocycles. The lowest BCUT2D eigenvalue weighted by Crippen LogP contribution is -2.30. The molecule has 1 heterocycles. The van der Waals surface area contributed by atoms with Crippen LogP contribution in [-0.4, -0.2) is 26.3 Å². The summed E-state index contributed by atoms with van der Waals surface area (Å²) in [6, 6.07) is 15.4. The highest BCUT2D eigenvalue weighted by Gasteiger charge is 2.31. The number of carbonyl (C=O) groups excluding carboxylic acids is 1. The highest BCUT2D eigenvalue weighted by atomic mass is 32.2. The first-order valence-electron chi connectivity index (χ1n) is 9.13. The molecule has 3 aromatic rings. The van der Waals surface area contributed by atoms with E-state index in [-0.39, 0.29) is 22.1 Å². The first-order chi connectivity index (χ1) is 15.0. The number of carbonyl (C=O) groups is 1. The van der Waals surface area contributed by atoms with Gasteiger partial charge >= 0.3 is 6.36 Å². The molecule has 1 N–H and O–H groups in total. The number of ether oxygens (including phenoxy) is 1. The van der Waals surface area contributed by atoms with Crippen molar-refractivity contribution in [3.05, 3.63) is 78.5 Å². The quantitative estimate of drug-likeness (QED) is 0.296. The summed E-state index contributed by atoms with van der Waals surface area (Å²) in [7, 11) is -2.16. The van der Waals surface area contributed by atoms with Crippen molar-refractivity contribution < 1.29 is 35.7 Å². The summed E-state index contributed by atoms with van der Waals surface area (Å²) in [4.78, 5) is 12.2.